The number of hydrogen-bond acceptors (Lipinski definition) is 11. The Kier molecular flexibility index (Phi) is 9.76. The summed E-state index contributed by atoms with van der Waals surface area (Å²) in [4.78, 5) is 22.4. The molecule has 2 saturated heterocycles. The van der Waals surface area contributed by atoms with Gasteiger partial charge in [0.15, 0.2) is 18.7 Å². The molecule has 2 fully saturated rings. The van der Waals surface area contributed by atoms with Crippen LogP contribution in [0.4, 0.5) is 0 Å². The van der Waals surface area contributed by atoms with E-state index < -0.39 is 67.1 Å². The zero-order valence-electron chi connectivity index (χ0n) is 17.3. The van der Waals surface area contributed by atoms with E-state index >= 15 is 0 Å². The smallest absolute Gasteiger partial charge is 0.333 e. The molecule has 31 heavy (non-hydrogen) atoms. The molecule has 2 aliphatic heterocycles. The highest BCUT2D eigenvalue weighted by Crippen LogP contribution is 2.31. The molecule has 12 heteroatoms. The number of aliphatic hydroxyl groups is 3. The fourth-order valence-corrected chi connectivity index (χ4v) is 3.69. The summed E-state index contributed by atoms with van der Waals surface area (Å²) in [6.07, 6.45) is -4.50. The van der Waals surface area contributed by atoms with Crippen LogP contribution in [0.15, 0.2) is 0 Å². The number of nitrogens with one attached hydrogen (secondary N) is 2. The predicted octanol–water partition coefficient (Wildman–Crippen LogP) is -3.35. The molecule has 0 amide bonds. The van der Waals surface area contributed by atoms with Crippen LogP contribution < -0.4 is 10.6 Å². The number of aliphatic hydroxyl groups excluding tert-OH is 3. The SMILES string of the molecule is C#CCNCC1OC(OC)C(NCC=O)C(OC2OC(C(=O)O)C(C)C(O)C2O)C1O. The van der Waals surface area contributed by atoms with Crippen molar-refractivity contribution in [2.45, 2.75) is 62.2 Å². The highest BCUT2D eigenvalue weighted by atomic mass is 16.7. The van der Waals surface area contributed by atoms with Gasteiger partial charge in [-0.3, -0.25) is 0 Å². The second kappa shape index (κ2) is 11.8. The van der Waals surface area contributed by atoms with Gasteiger partial charge in [-0.15, -0.1) is 6.42 Å². The van der Waals surface area contributed by atoms with E-state index in [4.69, 9.17) is 25.4 Å². The Morgan fingerprint density at radius 3 is 2.48 bits per heavy atom. The third-order valence-electron chi connectivity index (χ3n) is 5.38. The Morgan fingerprint density at radius 2 is 1.90 bits per heavy atom. The van der Waals surface area contributed by atoms with Crippen molar-refractivity contribution in [2.24, 2.45) is 5.92 Å². The van der Waals surface area contributed by atoms with Crippen molar-refractivity contribution in [3.63, 3.8) is 0 Å². The third kappa shape index (κ3) is 5.98. The third-order valence-corrected chi connectivity index (χ3v) is 5.38. The maximum atomic E-state index is 11.5. The van der Waals surface area contributed by atoms with E-state index in [0.717, 1.165) is 0 Å². The number of terminal acetylenes is 1. The van der Waals surface area contributed by atoms with Gasteiger partial charge in [-0.1, -0.05) is 12.8 Å². The van der Waals surface area contributed by atoms with Crippen LogP contribution in [0.1, 0.15) is 6.92 Å². The number of rotatable bonds is 10. The van der Waals surface area contributed by atoms with Gasteiger partial charge in [0.05, 0.1) is 25.2 Å². The van der Waals surface area contributed by atoms with Crippen molar-refractivity contribution in [3.05, 3.63) is 0 Å². The Balaban J connectivity index is 2.26. The van der Waals surface area contributed by atoms with Gasteiger partial charge >= 0.3 is 5.97 Å². The van der Waals surface area contributed by atoms with Crippen LogP contribution in [-0.4, -0.2) is 115 Å². The topological polar surface area (TPSA) is 176 Å². The number of carbonyl (C=O) groups excluding carboxylic acids is 1. The number of carbonyl (C=O) groups is 2. The van der Waals surface area contributed by atoms with Crippen molar-refractivity contribution in [1.82, 2.24) is 10.6 Å². The van der Waals surface area contributed by atoms with Gasteiger partial charge in [-0.25, -0.2) is 4.79 Å². The van der Waals surface area contributed by atoms with Crippen LogP contribution >= 0.6 is 0 Å². The minimum atomic E-state index is -1.58. The zero-order chi connectivity index (χ0) is 23.1. The molecule has 0 spiro atoms. The molecule has 0 radical (unpaired) electrons. The Labute approximate surface area is 179 Å². The molecule has 0 aromatic heterocycles. The zero-order valence-corrected chi connectivity index (χ0v) is 17.3. The van der Waals surface area contributed by atoms with Crippen molar-refractivity contribution in [1.29, 1.82) is 0 Å². The minimum absolute atomic E-state index is 0.119. The largest absolute Gasteiger partial charge is 0.479 e. The van der Waals surface area contributed by atoms with Crippen LogP contribution in [0.25, 0.3) is 0 Å². The molecule has 2 heterocycles. The summed E-state index contributed by atoms with van der Waals surface area (Å²) in [5.74, 6) is 0.161. The van der Waals surface area contributed by atoms with E-state index in [1.165, 1.54) is 14.0 Å². The van der Waals surface area contributed by atoms with Crippen LogP contribution in [0, 0.1) is 18.3 Å². The van der Waals surface area contributed by atoms with E-state index in [1.54, 1.807) is 0 Å². The maximum Gasteiger partial charge on any atom is 0.333 e. The Bertz CT molecular complexity index is 644. The number of carboxylic acids is 1. The first-order valence-corrected chi connectivity index (χ1v) is 9.84. The quantitative estimate of drug-likeness (QED) is 0.112. The molecule has 0 aliphatic carbocycles. The average molecular weight is 446 g/mol. The number of ether oxygens (including phenoxy) is 4. The van der Waals surface area contributed by atoms with Crippen molar-refractivity contribution < 1.29 is 49.0 Å². The highest BCUT2D eigenvalue weighted by molar-refractivity contribution is 5.73. The van der Waals surface area contributed by atoms with Gasteiger partial charge in [-0.05, 0) is 0 Å². The van der Waals surface area contributed by atoms with Crippen LogP contribution in [0.3, 0.4) is 0 Å². The van der Waals surface area contributed by atoms with Gasteiger partial charge in [-0.2, -0.15) is 0 Å². The lowest BCUT2D eigenvalue weighted by Gasteiger charge is -2.47. The molecule has 0 saturated carbocycles. The van der Waals surface area contributed by atoms with Crippen molar-refractivity contribution in [2.75, 3.05) is 26.7 Å². The predicted molar refractivity (Wildman–Crippen MR) is 104 cm³/mol. The molecule has 10 unspecified atom stereocenters. The molecular formula is C19H30N2O10. The number of aliphatic carboxylic acids is 1. The lowest BCUT2D eigenvalue weighted by atomic mass is 9.90. The standard InChI is InChI=1S/C19H30N2O10/c1-4-5-20-8-10-13(24)16(11(21-6-7-22)18(28-3)29-10)31-19-14(25)12(23)9(2)15(30-19)17(26)27/h1,7,9-16,18-21,23-25H,5-6,8H2,2-3H3,(H,26,27). The van der Waals surface area contributed by atoms with Crippen molar-refractivity contribution in [3.8, 4) is 12.3 Å². The lowest BCUT2D eigenvalue weighted by molar-refractivity contribution is -0.331. The summed E-state index contributed by atoms with van der Waals surface area (Å²) < 4.78 is 22.2. The highest BCUT2D eigenvalue weighted by Gasteiger charge is 2.51. The van der Waals surface area contributed by atoms with E-state index in [9.17, 15) is 30.0 Å². The van der Waals surface area contributed by atoms with Gasteiger partial charge in [0.25, 0.3) is 0 Å². The Hall–Kier alpha value is -1.66. The van der Waals surface area contributed by atoms with Crippen molar-refractivity contribution >= 4 is 12.3 Å². The number of hydrogen-bond donors (Lipinski definition) is 6. The first-order valence-electron chi connectivity index (χ1n) is 9.84. The van der Waals surface area contributed by atoms with Crippen LogP contribution in [0.2, 0.25) is 0 Å². The summed E-state index contributed by atoms with van der Waals surface area (Å²) in [5.41, 5.74) is 0. The van der Waals surface area contributed by atoms with Gasteiger partial charge in [0, 0.05) is 19.6 Å². The minimum Gasteiger partial charge on any atom is -0.479 e. The Morgan fingerprint density at radius 1 is 1.19 bits per heavy atom. The summed E-state index contributed by atoms with van der Waals surface area (Å²) in [6, 6.07) is -0.885. The molecule has 10 atom stereocenters. The summed E-state index contributed by atoms with van der Waals surface area (Å²) >= 11 is 0. The molecular weight excluding hydrogens is 416 g/mol. The fraction of sp³-hybridized carbons (Fsp3) is 0.789. The van der Waals surface area contributed by atoms with Gasteiger partial charge < -0.3 is 54.8 Å². The molecule has 0 aromatic carbocycles. The summed E-state index contributed by atoms with van der Waals surface area (Å²) in [6.45, 7) is 1.66. The molecule has 12 nitrogen and oxygen atoms in total. The second-order valence-corrected chi connectivity index (χ2v) is 7.41. The number of methoxy groups -OCH3 is 1. The maximum absolute atomic E-state index is 11.5. The monoisotopic (exact) mass is 446 g/mol. The average Bonchev–Trinajstić information content (AvgIpc) is 2.75. The van der Waals surface area contributed by atoms with Crippen LogP contribution in [0.5, 0.6) is 0 Å². The normalized spacial score (nSPS) is 40.8. The molecule has 0 bridgehead atoms. The second-order valence-electron chi connectivity index (χ2n) is 7.41. The van der Waals surface area contributed by atoms with E-state index in [1.807, 2.05) is 0 Å². The lowest BCUT2D eigenvalue weighted by Crippen LogP contribution is -2.67. The van der Waals surface area contributed by atoms with E-state index in [-0.39, 0.29) is 19.6 Å². The van der Waals surface area contributed by atoms with Gasteiger partial charge in [0.1, 0.15) is 30.7 Å². The van der Waals surface area contributed by atoms with E-state index in [0.29, 0.717) is 6.29 Å². The molecule has 2 aliphatic rings. The molecule has 176 valence electrons. The van der Waals surface area contributed by atoms with Gasteiger partial charge in [0.2, 0.25) is 0 Å². The summed E-state index contributed by atoms with van der Waals surface area (Å²) in [7, 11) is 1.36. The van der Waals surface area contributed by atoms with Crippen LogP contribution in [-0.2, 0) is 28.5 Å². The van der Waals surface area contributed by atoms with E-state index in [2.05, 4.69) is 16.6 Å². The summed E-state index contributed by atoms with van der Waals surface area (Å²) in [5, 5.41) is 46.6. The molecule has 6 N–H and O–H groups in total. The first kappa shape index (κ1) is 25.6. The molecule has 0 aromatic rings. The fourth-order valence-electron chi connectivity index (χ4n) is 3.69. The first-order chi connectivity index (χ1) is 14.8. The number of carboxylic acid groups (broad SMARTS) is 1. The number of aldehydes is 1. The molecule has 2 rings (SSSR count).